The molecule has 2 rings (SSSR count). The monoisotopic (exact) mass is 358 g/mol. The van der Waals surface area contributed by atoms with Crippen molar-refractivity contribution in [3.05, 3.63) is 50.9 Å². The number of ketones is 1. The summed E-state index contributed by atoms with van der Waals surface area (Å²) >= 11 is 1.03. The van der Waals surface area contributed by atoms with Crippen LogP contribution in [0.5, 0.6) is 0 Å². The van der Waals surface area contributed by atoms with Gasteiger partial charge in [0.1, 0.15) is 5.56 Å². The molecule has 8 heteroatoms. The quantitative estimate of drug-likeness (QED) is 0.652. The number of benzene rings is 1. The summed E-state index contributed by atoms with van der Waals surface area (Å²) in [6.45, 7) is 5.33. The molecule has 0 saturated carbocycles. The molecule has 0 aliphatic heterocycles. The number of nitrogens with zero attached hydrogens (tertiary/aromatic N) is 1. The Balaban J connectivity index is 2.59. The molecule has 0 bridgehead atoms. The molecule has 0 amide bonds. The van der Waals surface area contributed by atoms with Gasteiger partial charge in [0.05, 0.1) is 5.56 Å². The maximum Gasteiger partial charge on any atom is 0.417 e. The lowest BCUT2D eigenvalue weighted by Crippen LogP contribution is -2.22. The van der Waals surface area contributed by atoms with E-state index in [2.05, 4.69) is 5.10 Å². The summed E-state index contributed by atoms with van der Waals surface area (Å²) in [5.74, 6) is -0.137. The molecule has 0 aliphatic rings. The van der Waals surface area contributed by atoms with Gasteiger partial charge in [-0.2, -0.15) is 13.2 Å². The zero-order valence-corrected chi connectivity index (χ0v) is 14.3. The molecule has 0 aliphatic carbocycles. The molecular formula is C16H17F3N2O2S. The molecule has 0 saturated heterocycles. The number of nitrogens with one attached hydrogen (secondary N) is 1. The molecule has 2 aromatic rings. The third kappa shape index (κ3) is 3.28. The van der Waals surface area contributed by atoms with Gasteiger partial charge in [-0.1, -0.05) is 13.0 Å². The number of carbonyl (C=O) groups is 1. The van der Waals surface area contributed by atoms with Crippen molar-refractivity contribution in [3.8, 4) is 0 Å². The summed E-state index contributed by atoms with van der Waals surface area (Å²) in [7, 11) is 0. The molecule has 1 aromatic heterocycles. The van der Waals surface area contributed by atoms with Crippen molar-refractivity contribution in [1.82, 2.24) is 9.78 Å². The molecule has 0 unspecified atom stereocenters. The Labute approximate surface area is 141 Å². The number of H-pyrrole nitrogens is 1. The van der Waals surface area contributed by atoms with Crippen molar-refractivity contribution in [2.24, 2.45) is 0 Å². The smallest absolute Gasteiger partial charge is 0.302 e. The summed E-state index contributed by atoms with van der Waals surface area (Å²) in [4.78, 5) is 24.7. The number of halogens is 3. The van der Waals surface area contributed by atoms with Crippen molar-refractivity contribution >= 4 is 17.5 Å². The Morgan fingerprint density at radius 2 is 1.92 bits per heavy atom. The summed E-state index contributed by atoms with van der Waals surface area (Å²) in [6.07, 6.45) is -3.20. The normalized spacial score (nSPS) is 11.8. The third-order valence-electron chi connectivity index (χ3n) is 3.65. The molecule has 1 aromatic carbocycles. The standard InChI is InChI=1S/C16H17F3N2O2S/c1-4-21-15(23)11(8-20-21)13(22)10-6-7-12(16(17,18)19)14(9(10)3)24-5-2/h6-8,20H,4-5H2,1-3H3. The van der Waals surface area contributed by atoms with Crippen molar-refractivity contribution < 1.29 is 18.0 Å². The second-order valence-corrected chi connectivity index (χ2v) is 6.39. The Kier molecular flexibility index (Phi) is 5.27. The van der Waals surface area contributed by atoms with Gasteiger partial charge < -0.3 is 5.10 Å². The highest BCUT2D eigenvalue weighted by Crippen LogP contribution is 2.39. The average molecular weight is 358 g/mol. The maximum absolute atomic E-state index is 13.2. The van der Waals surface area contributed by atoms with Crippen LogP contribution in [0.4, 0.5) is 13.2 Å². The van der Waals surface area contributed by atoms with Gasteiger partial charge in [0.15, 0.2) is 5.78 Å². The fourth-order valence-electron chi connectivity index (χ4n) is 2.44. The summed E-state index contributed by atoms with van der Waals surface area (Å²) in [5.41, 5.74) is -0.967. The van der Waals surface area contributed by atoms with E-state index in [4.69, 9.17) is 0 Å². The lowest BCUT2D eigenvalue weighted by molar-refractivity contribution is -0.139. The Morgan fingerprint density at radius 1 is 1.25 bits per heavy atom. The zero-order valence-electron chi connectivity index (χ0n) is 13.5. The summed E-state index contributed by atoms with van der Waals surface area (Å²) in [5, 5.41) is 2.67. The largest absolute Gasteiger partial charge is 0.417 e. The SMILES string of the molecule is CCSc1c(C(F)(F)F)ccc(C(=O)c2c[nH]n(CC)c2=O)c1C. The summed E-state index contributed by atoms with van der Waals surface area (Å²) in [6, 6.07) is 2.05. The van der Waals surface area contributed by atoms with Gasteiger partial charge in [-0.05, 0) is 31.2 Å². The zero-order chi connectivity index (χ0) is 18.1. The van der Waals surface area contributed by atoms with Gasteiger partial charge in [-0.3, -0.25) is 14.3 Å². The first kappa shape index (κ1) is 18.4. The van der Waals surface area contributed by atoms with Crippen molar-refractivity contribution in [2.45, 2.75) is 38.4 Å². The Bertz CT molecular complexity index is 822. The number of thioether (sulfide) groups is 1. The van der Waals surface area contributed by atoms with Gasteiger partial charge in [0.2, 0.25) is 0 Å². The van der Waals surface area contributed by atoms with Crippen LogP contribution >= 0.6 is 11.8 Å². The van der Waals surface area contributed by atoms with Crippen LogP contribution in [0.25, 0.3) is 0 Å². The third-order valence-corrected chi connectivity index (χ3v) is 4.75. The van der Waals surface area contributed by atoms with Crippen LogP contribution in [-0.2, 0) is 12.7 Å². The number of aromatic nitrogens is 2. The van der Waals surface area contributed by atoms with Crippen LogP contribution in [0.15, 0.2) is 28.0 Å². The average Bonchev–Trinajstić information content (AvgIpc) is 2.88. The van der Waals surface area contributed by atoms with Gasteiger partial charge in [0, 0.05) is 23.2 Å². The molecule has 4 nitrogen and oxygen atoms in total. The minimum absolute atomic E-state index is 0.0298. The fourth-order valence-corrected chi connectivity index (χ4v) is 3.40. The predicted octanol–water partition coefficient (Wildman–Crippen LogP) is 3.87. The summed E-state index contributed by atoms with van der Waals surface area (Å²) < 4.78 is 40.8. The van der Waals surface area contributed by atoms with Gasteiger partial charge in [-0.25, -0.2) is 0 Å². The number of rotatable bonds is 5. The van der Waals surface area contributed by atoms with E-state index in [1.54, 1.807) is 13.8 Å². The van der Waals surface area contributed by atoms with E-state index in [1.807, 2.05) is 0 Å². The minimum Gasteiger partial charge on any atom is -0.302 e. The van der Waals surface area contributed by atoms with E-state index in [1.165, 1.54) is 17.8 Å². The second kappa shape index (κ2) is 6.88. The number of carbonyl (C=O) groups excluding carboxylic acids is 1. The van der Waals surface area contributed by atoms with E-state index < -0.39 is 23.1 Å². The van der Waals surface area contributed by atoms with E-state index in [-0.39, 0.29) is 21.6 Å². The maximum atomic E-state index is 13.2. The van der Waals surface area contributed by atoms with E-state index in [0.717, 1.165) is 23.9 Å². The van der Waals surface area contributed by atoms with Crippen molar-refractivity contribution in [1.29, 1.82) is 0 Å². The first-order valence-electron chi connectivity index (χ1n) is 7.38. The first-order valence-corrected chi connectivity index (χ1v) is 8.37. The van der Waals surface area contributed by atoms with Gasteiger partial charge in [-0.15, -0.1) is 11.8 Å². The Hall–Kier alpha value is -1.96. The molecule has 1 N–H and O–H groups in total. The number of aromatic amines is 1. The molecule has 1 heterocycles. The topological polar surface area (TPSA) is 54.9 Å². The number of alkyl halides is 3. The van der Waals surface area contributed by atoms with Crippen LogP contribution in [-0.4, -0.2) is 21.3 Å². The van der Waals surface area contributed by atoms with E-state index in [9.17, 15) is 22.8 Å². The Morgan fingerprint density at radius 3 is 2.42 bits per heavy atom. The number of hydrogen-bond donors (Lipinski definition) is 1. The first-order chi connectivity index (χ1) is 11.2. The van der Waals surface area contributed by atoms with Crippen LogP contribution < -0.4 is 5.56 Å². The molecule has 0 fully saturated rings. The van der Waals surface area contributed by atoms with Crippen LogP contribution in [0.3, 0.4) is 0 Å². The molecule has 24 heavy (non-hydrogen) atoms. The van der Waals surface area contributed by atoms with Crippen LogP contribution in [0.1, 0.15) is 40.9 Å². The number of hydrogen-bond acceptors (Lipinski definition) is 3. The molecule has 0 atom stereocenters. The second-order valence-electron chi connectivity index (χ2n) is 5.11. The van der Waals surface area contributed by atoms with Gasteiger partial charge >= 0.3 is 6.18 Å². The van der Waals surface area contributed by atoms with Crippen LogP contribution in [0, 0.1) is 6.92 Å². The minimum atomic E-state index is -4.49. The molecule has 0 spiro atoms. The van der Waals surface area contributed by atoms with Crippen LogP contribution in [0.2, 0.25) is 0 Å². The predicted molar refractivity (Wildman–Crippen MR) is 86.7 cm³/mol. The van der Waals surface area contributed by atoms with Crippen molar-refractivity contribution in [3.63, 3.8) is 0 Å². The highest BCUT2D eigenvalue weighted by atomic mass is 32.2. The highest BCUT2D eigenvalue weighted by molar-refractivity contribution is 7.99. The van der Waals surface area contributed by atoms with E-state index in [0.29, 0.717) is 12.3 Å². The lowest BCUT2D eigenvalue weighted by atomic mass is 9.98. The molecule has 0 radical (unpaired) electrons. The van der Waals surface area contributed by atoms with Gasteiger partial charge in [0.25, 0.3) is 5.56 Å². The molecule has 130 valence electrons. The highest BCUT2D eigenvalue weighted by Gasteiger charge is 2.35. The van der Waals surface area contributed by atoms with Crippen molar-refractivity contribution in [2.75, 3.05) is 5.75 Å². The van der Waals surface area contributed by atoms with E-state index >= 15 is 0 Å². The fraction of sp³-hybridized carbons (Fsp3) is 0.375. The molecular weight excluding hydrogens is 341 g/mol. The lowest BCUT2D eigenvalue weighted by Gasteiger charge is -2.16. The number of aryl methyl sites for hydroxylation is 1.